The van der Waals surface area contributed by atoms with Crippen molar-refractivity contribution in [3.8, 4) is 5.75 Å². The van der Waals surface area contributed by atoms with Gasteiger partial charge in [-0.25, -0.2) is 0 Å². The van der Waals surface area contributed by atoms with Crippen LogP contribution in [0.5, 0.6) is 5.75 Å². The molecule has 0 radical (unpaired) electrons. The van der Waals surface area contributed by atoms with Crippen LogP contribution < -0.4 is 10.1 Å². The molecule has 1 fully saturated rings. The van der Waals surface area contributed by atoms with Crippen molar-refractivity contribution in [1.29, 1.82) is 0 Å². The van der Waals surface area contributed by atoms with Gasteiger partial charge in [-0.2, -0.15) is 8.78 Å². The van der Waals surface area contributed by atoms with E-state index in [0.29, 0.717) is 5.92 Å². The van der Waals surface area contributed by atoms with Crippen molar-refractivity contribution in [1.82, 2.24) is 5.32 Å². The third-order valence-electron chi connectivity index (χ3n) is 4.19. The number of rotatable bonds is 8. The molecule has 2 rings (SSSR count). The Bertz CT molecular complexity index is 627. The lowest BCUT2D eigenvalue weighted by Gasteiger charge is -2.09. The number of amides is 2. The molecular weight excluding hydrogens is 348 g/mol. The summed E-state index contributed by atoms with van der Waals surface area (Å²) < 4.78 is 33.1. The van der Waals surface area contributed by atoms with Crippen LogP contribution in [0.3, 0.4) is 0 Å². The van der Waals surface area contributed by atoms with Gasteiger partial charge in [0.1, 0.15) is 5.75 Å². The van der Waals surface area contributed by atoms with Crippen molar-refractivity contribution in [3.63, 3.8) is 0 Å². The van der Waals surface area contributed by atoms with Gasteiger partial charge in [0.25, 0.3) is 11.8 Å². The number of esters is 1. The van der Waals surface area contributed by atoms with Gasteiger partial charge in [0.15, 0.2) is 6.61 Å². The smallest absolute Gasteiger partial charge is 0.387 e. The van der Waals surface area contributed by atoms with Crippen LogP contribution >= 0.6 is 0 Å². The molecule has 26 heavy (non-hydrogen) atoms. The normalized spacial score (nSPS) is 14.3. The summed E-state index contributed by atoms with van der Waals surface area (Å²) in [7, 11) is 0. The van der Waals surface area contributed by atoms with Crippen LogP contribution in [0.2, 0.25) is 0 Å². The van der Waals surface area contributed by atoms with E-state index in [1.165, 1.54) is 37.1 Å². The second-order valence-electron chi connectivity index (χ2n) is 6.13. The van der Waals surface area contributed by atoms with E-state index in [1.54, 1.807) is 0 Å². The van der Waals surface area contributed by atoms with Crippen LogP contribution in [0.25, 0.3) is 0 Å². The highest BCUT2D eigenvalue weighted by Crippen LogP contribution is 2.28. The molecular formula is C18H21F2NO5. The Kier molecular flexibility index (Phi) is 7.50. The monoisotopic (exact) mass is 369 g/mol. The van der Waals surface area contributed by atoms with Gasteiger partial charge in [-0.15, -0.1) is 0 Å². The molecule has 142 valence electrons. The third kappa shape index (κ3) is 6.78. The highest BCUT2D eigenvalue weighted by Gasteiger charge is 2.18. The predicted molar refractivity (Wildman–Crippen MR) is 87.7 cm³/mol. The van der Waals surface area contributed by atoms with Gasteiger partial charge in [0.05, 0.1) is 0 Å². The molecule has 8 heteroatoms. The second kappa shape index (κ2) is 9.84. The summed E-state index contributed by atoms with van der Waals surface area (Å²) >= 11 is 0. The standard InChI is InChI=1S/C18H21F2NO5/c19-18(20)26-14-8-6-13(7-9-14)17(24)21-15(22)11-25-16(23)10-5-12-3-1-2-4-12/h6-9,12,18H,1-5,10-11H2,(H,21,22,24). The van der Waals surface area contributed by atoms with Gasteiger partial charge in [-0.05, 0) is 36.6 Å². The molecule has 1 saturated carbocycles. The van der Waals surface area contributed by atoms with E-state index < -0.39 is 31.0 Å². The number of alkyl halides is 2. The molecule has 0 spiro atoms. The second-order valence-corrected chi connectivity index (χ2v) is 6.13. The minimum Gasteiger partial charge on any atom is -0.456 e. The number of carbonyl (C=O) groups excluding carboxylic acids is 3. The first-order valence-electron chi connectivity index (χ1n) is 8.48. The van der Waals surface area contributed by atoms with Gasteiger partial charge in [-0.1, -0.05) is 25.7 Å². The Labute approximate surface area is 149 Å². The van der Waals surface area contributed by atoms with Gasteiger partial charge in [-0.3, -0.25) is 19.7 Å². The fraction of sp³-hybridized carbons (Fsp3) is 0.500. The molecule has 0 atom stereocenters. The van der Waals surface area contributed by atoms with Crippen LogP contribution in [0.1, 0.15) is 48.9 Å². The third-order valence-corrected chi connectivity index (χ3v) is 4.19. The zero-order valence-electron chi connectivity index (χ0n) is 14.2. The Morgan fingerprint density at radius 3 is 2.38 bits per heavy atom. The fourth-order valence-electron chi connectivity index (χ4n) is 2.86. The Balaban J connectivity index is 1.69. The summed E-state index contributed by atoms with van der Waals surface area (Å²) in [6.07, 6.45) is 5.66. The highest BCUT2D eigenvalue weighted by atomic mass is 19.3. The first kappa shape index (κ1) is 19.8. The molecule has 0 heterocycles. The Morgan fingerprint density at radius 2 is 1.77 bits per heavy atom. The minimum absolute atomic E-state index is 0.0903. The number of benzene rings is 1. The molecule has 6 nitrogen and oxygen atoms in total. The van der Waals surface area contributed by atoms with Crippen LogP contribution in [0.4, 0.5) is 8.78 Å². The fourth-order valence-corrected chi connectivity index (χ4v) is 2.86. The number of halogens is 2. The van der Waals surface area contributed by atoms with E-state index in [2.05, 4.69) is 10.1 Å². The van der Waals surface area contributed by atoms with E-state index in [9.17, 15) is 23.2 Å². The summed E-state index contributed by atoms with van der Waals surface area (Å²) in [5, 5.41) is 2.06. The zero-order chi connectivity index (χ0) is 18.9. The van der Waals surface area contributed by atoms with E-state index in [-0.39, 0.29) is 17.7 Å². The topological polar surface area (TPSA) is 81.7 Å². The molecule has 0 unspecified atom stereocenters. The molecule has 1 aliphatic carbocycles. The van der Waals surface area contributed by atoms with Crippen molar-refractivity contribution >= 4 is 17.8 Å². The van der Waals surface area contributed by atoms with E-state index in [0.717, 1.165) is 19.3 Å². The Hall–Kier alpha value is -2.51. The van der Waals surface area contributed by atoms with Gasteiger partial charge in [0, 0.05) is 12.0 Å². The summed E-state index contributed by atoms with van der Waals surface area (Å²) in [6, 6.07) is 4.87. The number of hydrogen-bond acceptors (Lipinski definition) is 5. The SMILES string of the molecule is O=C(COC(=O)CCC1CCCC1)NC(=O)c1ccc(OC(F)F)cc1. The van der Waals surface area contributed by atoms with Gasteiger partial charge < -0.3 is 9.47 Å². The first-order chi connectivity index (χ1) is 12.4. The number of imide groups is 1. The molecule has 0 aromatic heterocycles. The average Bonchev–Trinajstić information content (AvgIpc) is 3.11. The number of hydrogen-bond donors (Lipinski definition) is 1. The molecule has 1 N–H and O–H groups in total. The Morgan fingerprint density at radius 1 is 1.12 bits per heavy atom. The lowest BCUT2D eigenvalue weighted by molar-refractivity contribution is -0.148. The summed E-state index contributed by atoms with van der Waals surface area (Å²) in [6.45, 7) is -3.50. The number of carbonyl (C=O) groups is 3. The molecule has 0 aliphatic heterocycles. The number of nitrogens with one attached hydrogen (secondary N) is 1. The molecule has 1 aromatic rings. The maximum atomic E-state index is 12.1. The maximum Gasteiger partial charge on any atom is 0.387 e. The highest BCUT2D eigenvalue weighted by molar-refractivity contribution is 6.05. The lowest BCUT2D eigenvalue weighted by atomic mass is 10.0. The minimum atomic E-state index is -2.96. The lowest BCUT2D eigenvalue weighted by Crippen LogP contribution is -2.34. The predicted octanol–water partition coefficient (Wildman–Crippen LogP) is 3.06. The maximum absolute atomic E-state index is 12.1. The van der Waals surface area contributed by atoms with Crippen molar-refractivity contribution in [2.75, 3.05) is 6.61 Å². The van der Waals surface area contributed by atoms with Crippen molar-refractivity contribution < 1.29 is 32.6 Å². The molecule has 1 aromatic carbocycles. The van der Waals surface area contributed by atoms with Crippen LogP contribution in [-0.4, -0.2) is 31.0 Å². The largest absolute Gasteiger partial charge is 0.456 e. The van der Waals surface area contributed by atoms with Crippen LogP contribution in [0, 0.1) is 5.92 Å². The van der Waals surface area contributed by atoms with Crippen molar-refractivity contribution in [3.05, 3.63) is 29.8 Å². The van der Waals surface area contributed by atoms with Gasteiger partial charge >= 0.3 is 12.6 Å². The summed E-state index contributed by atoms with van der Waals surface area (Å²) in [5.74, 6) is -1.49. The van der Waals surface area contributed by atoms with E-state index in [4.69, 9.17) is 4.74 Å². The van der Waals surface area contributed by atoms with E-state index >= 15 is 0 Å². The quantitative estimate of drug-likeness (QED) is 0.712. The molecule has 0 bridgehead atoms. The molecule has 1 aliphatic rings. The zero-order valence-corrected chi connectivity index (χ0v) is 14.2. The summed E-state index contributed by atoms with van der Waals surface area (Å²) in [5.41, 5.74) is 0.0903. The number of ether oxygens (including phenoxy) is 2. The van der Waals surface area contributed by atoms with Crippen molar-refractivity contribution in [2.24, 2.45) is 5.92 Å². The summed E-state index contributed by atoms with van der Waals surface area (Å²) in [4.78, 5) is 35.2. The molecule has 2 amide bonds. The van der Waals surface area contributed by atoms with Gasteiger partial charge in [0.2, 0.25) is 0 Å². The van der Waals surface area contributed by atoms with Crippen molar-refractivity contribution in [2.45, 2.75) is 45.1 Å². The van der Waals surface area contributed by atoms with Crippen LogP contribution in [-0.2, 0) is 14.3 Å². The average molecular weight is 369 g/mol. The first-order valence-corrected chi connectivity index (χ1v) is 8.48. The molecule has 0 saturated heterocycles. The van der Waals surface area contributed by atoms with E-state index in [1.807, 2.05) is 0 Å². The van der Waals surface area contributed by atoms with Crippen LogP contribution in [0.15, 0.2) is 24.3 Å².